The second kappa shape index (κ2) is 5.95. The molecule has 3 N–H and O–H groups in total. The molecule has 0 spiro atoms. The van der Waals surface area contributed by atoms with Crippen LogP contribution in [0.2, 0.25) is 0 Å². The van der Waals surface area contributed by atoms with Crippen LogP contribution in [-0.2, 0) is 4.79 Å². The molecule has 17 heavy (non-hydrogen) atoms. The van der Waals surface area contributed by atoms with Gasteiger partial charge >= 0.3 is 5.97 Å². The molecule has 1 unspecified atom stereocenters. The molecule has 0 aliphatic rings. The van der Waals surface area contributed by atoms with E-state index in [0.29, 0.717) is 0 Å². The fourth-order valence-electron chi connectivity index (χ4n) is 1.19. The van der Waals surface area contributed by atoms with E-state index in [0.717, 1.165) is 6.07 Å². The number of carbonyl (C=O) groups excluding carboxylic acids is 1. The molecule has 1 aromatic rings. The minimum absolute atomic E-state index is 0.0410. The average Bonchev–Trinajstić information content (AvgIpc) is 2.29. The van der Waals surface area contributed by atoms with Gasteiger partial charge in [0.1, 0.15) is 5.82 Å². The molecule has 5 nitrogen and oxygen atoms in total. The molecule has 0 saturated heterocycles. The quantitative estimate of drug-likeness (QED) is 0.696. The van der Waals surface area contributed by atoms with Crippen LogP contribution in [0, 0.1) is 5.82 Å². The first kappa shape index (κ1) is 13.1. The lowest BCUT2D eigenvalue weighted by molar-refractivity contribution is -0.146. The molecular weight excluding hydrogens is 229 g/mol. The lowest BCUT2D eigenvalue weighted by Crippen LogP contribution is -2.30. The SMILES string of the molecule is O=C(NCCC(O)C(=O)O)c1ccccc1F. The Balaban J connectivity index is 2.46. The molecule has 0 aliphatic carbocycles. The van der Waals surface area contributed by atoms with E-state index in [1.165, 1.54) is 18.2 Å². The zero-order valence-corrected chi connectivity index (χ0v) is 8.89. The van der Waals surface area contributed by atoms with Crippen LogP contribution in [0.15, 0.2) is 24.3 Å². The van der Waals surface area contributed by atoms with E-state index >= 15 is 0 Å². The van der Waals surface area contributed by atoms with Gasteiger partial charge in [0.25, 0.3) is 5.91 Å². The van der Waals surface area contributed by atoms with Crippen molar-refractivity contribution in [3.05, 3.63) is 35.6 Å². The molecular formula is C11H12FNO4. The highest BCUT2D eigenvalue weighted by Crippen LogP contribution is 2.05. The lowest BCUT2D eigenvalue weighted by atomic mass is 10.2. The predicted molar refractivity (Wildman–Crippen MR) is 57.0 cm³/mol. The van der Waals surface area contributed by atoms with Crippen molar-refractivity contribution in [2.45, 2.75) is 12.5 Å². The molecule has 1 aromatic carbocycles. The molecule has 0 aliphatic heterocycles. The number of hydrogen-bond donors (Lipinski definition) is 3. The minimum atomic E-state index is -1.53. The molecule has 0 radical (unpaired) electrons. The first-order valence-electron chi connectivity index (χ1n) is 4.96. The standard InChI is InChI=1S/C11H12FNO4/c12-8-4-2-1-3-7(8)10(15)13-6-5-9(14)11(16)17/h1-4,9,14H,5-6H2,(H,13,15)(H,16,17). The van der Waals surface area contributed by atoms with Gasteiger partial charge in [-0.25, -0.2) is 9.18 Å². The van der Waals surface area contributed by atoms with Crippen molar-refractivity contribution < 1.29 is 24.2 Å². The van der Waals surface area contributed by atoms with Gasteiger partial charge in [-0.2, -0.15) is 0 Å². The van der Waals surface area contributed by atoms with E-state index in [2.05, 4.69) is 5.32 Å². The summed E-state index contributed by atoms with van der Waals surface area (Å²) in [7, 11) is 0. The highest BCUT2D eigenvalue weighted by Gasteiger charge is 2.14. The number of aliphatic carboxylic acids is 1. The van der Waals surface area contributed by atoms with Gasteiger partial charge in [-0.15, -0.1) is 0 Å². The van der Waals surface area contributed by atoms with Gasteiger partial charge in [-0.1, -0.05) is 12.1 Å². The number of carboxylic acids is 1. The highest BCUT2D eigenvalue weighted by atomic mass is 19.1. The summed E-state index contributed by atoms with van der Waals surface area (Å²) >= 11 is 0. The summed E-state index contributed by atoms with van der Waals surface area (Å²) in [5.74, 6) is -2.64. The van der Waals surface area contributed by atoms with Crippen LogP contribution in [0.4, 0.5) is 4.39 Å². The molecule has 1 amide bonds. The largest absolute Gasteiger partial charge is 0.479 e. The molecule has 1 rings (SSSR count). The molecule has 1 atom stereocenters. The molecule has 6 heteroatoms. The first-order valence-corrected chi connectivity index (χ1v) is 4.96. The van der Waals surface area contributed by atoms with Crippen LogP contribution in [0.3, 0.4) is 0 Å². The van der Waals surface area contributed by atoms with E-state index in [4.69, 9.17) is 10.2 Å². The Bertz CT molecular complexity index is 422. The second-order valence-electron chi connectivity index (χ2n) is 3.38. The van der Waals surface area contributed by atoms with Crippen LogP contribution in [0.1, 0.15) is 16.8 Å². The lowest BCUT2D eigenvalue weighted by Gasteiger charge is -2.07. The molecule has 0 saturated carbocycles. The summed E-state index contributed by atoms with van der Waals surface area (Å²) in [6.45, 7) is -0.0410. The number of carbonyl (C=O) groups is 2. The smallest absolute Gasteiger partial charge is 0.332 e. The molecule has 0 bridgehead atoms. The van der Waals surface area contributed by atoms with Crippen LogP contribution < -0.4 is 5.32 Å². The van der Waals surface area contributed by atoms with E-state index < -0.39 is 23.8 Å². The van der Waals surface area contributed by atoms with Crippen molar-refractivity contribution in [1.29, 1.82) is 0 Å². The van der Waals surface area contributed by atoms with E-state index in [1.807, 2.05) is 0 Å². The normalized spacial score (nSPS) is 11.9. The van der Waals surface area contributed by atoms with Crippen molar-refractivity contribution in [1.82, 2.24) is 5.32 Å². The van der Waals surface area contributed by atoms with Crippen molar-refractivity contribution in [2.75, 3.05) is 6.54 Å². The van der Waals surface area contributed by atoms with Crippen molar-refractivity contribution >= 4 is 11.9 Å². The van der Waals surface area contributed by atoms with Crippen molar-refractivity contribution in [2.24, 2.45) is 0 Å². The third-order valence-corrected chi connectivity index (χ3v) is 2.11. The molecule has 0 aromatic heterocycles. The molecule has 92 valence electrons. The van der Waals surface area contributed by atoms with Gasteiger partial charge in [0.15, 0.2) is 6.10 Å². The van der Waals surface area contributed by atoms with Crippen LogP contribution in [0.25, 0.3) is 0 Å². The number of aliphatic hydroxyl groups excluding tert-OH is 1. The Kier molecular flexibility index (Phi) is 4.59. The Morgan fingerprint density at radius 2 is 2.00 bits per heavy atom. The topological polar surface area (TPSA) is 86.6 Å². The van der Waals surface area contributed by atoms with Gasteiger partial charge in [0.05, 0.1) is 5.56 Å². The van der Waals surface area contributed by atoms with Crippen LogP contribution >= 0.6 is 0 Å². The summed E-state index contributed by atoms with van der Waals surface area (Å²) < 4.78 is 13.1. The van der Waals surface area contributed by atoms with Crippen LogP contribution in [0.5, 0.6) is 0 Å². The van der Waals surface area contributed by atoms with E-state index in [1.54, 1.807) is 0 Å². The third kappa shape index (κ3) is 3.84. The van der Waals surface area contributed by atoms with Gasteiger partial charge in [-0.3, -0.25) is 4.79 Å². The van der Waals surface area contributed by atoms with E-state index in [9.17, 15) is 14.0 Å². The molecule has 0 heterocycles. The Morgan fingerprint density at radius 3 is 2.59 bits per heavy atom. The van der Waals surface area contributed by atoms with E-state index in [-0.39, 0.29) is 18.5 Å². The number of aliphatic hydroxyl groups is 1. The number of halogens is 1. The number of nitrogens with one attached hydrogen (secondary N) is 1. The second-order valence-corrected chi connectivity index (χ2v) is 3.38. The number of benzene rings is 1. The Hall–Kier alpha value is -1.95. The van der Waals surface area contributed by atoms with Gasteiger partial charge in [0.2, 0.25) is 0 Å². The summed E-state index contributed by atoms with van der Waals surface area (Å²) in [6, 6.07) is 5.45. The zero-order valence-electron chi connectivity index (χ0n) is 8.89. The monoisotopic (exact) mass is 241 g/mol. The maximum absolute atomic E-state index is 13.1. The highest BCUT2D eigenvalue weighted by molar-refractivity contribution is 5.94. The minimum Gasteiger partial charge on any atom is -0.479 e. The fourth-order valence-corrected chi connectivity index (χ4v) is 1.19. The summed E-state index contributed by atoms with van der Waals surface area (Å²) in [6.07, 6.45) is -1.66. The van der Waals surface area contributed by atoms with Crippen molar-refractivity contribution in [3.8, 4) is 0 Å². The summed E-state index contributed by atoms with van der Waals surface area (Å²) in [5.41, 5.74) is -0.114. The molecule has 0 fully saturated rings. The van der Waals surface area contributed by atoms with Crippen molar-refractivity contribution in [3.63, 3.8) is 0 Å². The number of rotatable bonds is 5. The van der Waals surface area contributed by atoms with Gasteiger partial charge in [-0.05, 0) is 12.1 Å². The average molecular weight is 241 g/mol. The maximum Gasteiger partial charge on any atom is 0.332 e. The fraction of sp³-hybridized carbons (Fsp3) is 0.273. The first-order chi connectivity index (χ1) is 8.02. The summed E-state index contributed by atoms with van der Waals surface area (Å²) in [5, 5.41) is 19.6. The Labute approximate surface area is 96.9 Å². The third-order valence-electron chi connectivity index (χ3n) is 2.11. The Morgan fingerprint density at radius 1 is 1.35 bits per heavy atom. The number of amides is 1. The van der Waals surface area contributed by atoms with Crippen LogP contribution in [-0.4, -0.2) is 34.7 Å². The summed E-state index contributed by atoms with van der Waals surface area (Å²) in [4.78, 5) is 21.7. The van der Waals surface area contributed by atoms with Gasteiger partial charge < -0.3 is 15.5 Å². The number of carboxylic acid groups (broad SMARTS) is 1. The zero-order chi connectivity index (χ0) is 12.8. The van der Waals surface area contributed by atoms with Gasteiger partial charge in [0, 0.05) is 13.0 Å². The predicted octanol–water partition coefficient (Wildman–Crippen LogP) is 0.391. The number of hydrogen-bond acceptors (Lipinski definition) is 3. The maximum atomic E-state index is 13.1.